The van der Waals surface area contributed by atoms with Crippen molar-refractivity contribution in [2.24, 2.45) is 0 Å². The maximum atomic E-state index is 12.3. The second kappa shape index (κ2) is 8.92. The third kappa shape index (κ3) is 5.49. The van der Waals surface area contributed by atoms with E-state index in [-0.39, 0.29) is 11.7 Å². The molecule has 0 bridgehead atoms. The number of aromatic nitrogens is 2. The highest BCUT2D eigenvalue weighted by molar-refractivity contribution is 6.29. The van der Waals surface area contributed by atoms with Crippen molar-refractivity contribution in [3.63, 3.8) is 0 Å². The molecular formula is C21H16ClN3O3. The zero-order valence-electron chi connectivity index (χ0n) is 14.9. The summed E-state index contributed by atoms with van der Waals surface area (Å²) in [6.45, 7) is 1.42. The van der Waals surface area contributed by atoms with Crippen molar-refractivity contribution in [2.45, 2.75) is 6.92 Å². The molecular weight excluding hydrogens is 378 g/mol. The second-order valence-electron chi connectivity index (χ2n) is 5.82. The zero-order chi connectivity index (χ0) is 19.9. The largest absolute Gasteiger partial charge is 0.438 e. The summed E-state index contributed by atoms with van der Waals surface area (Å²) in [5.74, 6) is 0.570. The highest BCUT2D eigenvalue weighted by atomic mass is 35.5. The van der Waals surface area contributed by atoms with Gasteiger partial charge in [0.2, 0.25) is 11.8 Å². The first-order valence-electron chi connectivity index (χ1n) is 8.37. The highest BCUT2D eigenvalue weighted by Crippen LogP contribution is 2.20. The maximum Gasteiger partial charge on any atom is 0.238 e. The topological polar surface area (TPSA) is 81.2 Å². The number of benzene rings is 2. The number of hydrogen-bond acceptors (Lipinski definition) is 5. The van der Waals surface area contributed by atoms with Crippen molar-refractivity contribution in [3.8, 4) is 11.6 Å². The molecule has 0 unspecified atom stereocenters. The summed E-state index contributed by atoms with van der Waals surface area (Å²) in [5.41, 5.74) is 1.91. The monoisotopic (exact) mass is 393 g/mol. The zero-order valence-corrected chi connectivity index (χ0v) is 15.7. The molecule has 0 spiro atoms. The van der Waals surface area contributed by atoms with Crippen LogP contribution in [0.15, 0.2) is 66.7 Å². The number of ether oxygens (including phenoxy) is 1. The van der Waals surface area contributed by atoms with Crippen LogP contribution < -0.4 is 10.1 Å². The molecule has 3 rings (SSSR count). The molecule has 140 valence electrons. The molecule has 0 saturated heterocycles. The van der Waals surface area contributed by atoms with Crippen molar-refractivity contribution in [1.82, 2.24) is 10.2 Å². The Morgan fingerprint density at radius 2 is 1.82 bits per heavy atom. The molecule has 0 radical (unpaired) electrons. The maximum absolute atomic E-state index is 12.3. The summed E-state index contributed by atoms with van der Waals surface area (Å²) in [4.78, 5) is 23.5. The molecule has 0 fully saturated rings. The van der Waals surface area contributed by atoms with Crippen molar-refractivity contribution >= 4 is 35.1 Å². The van der Waals surface area contributed by atoms with E-state index < -0.39 is 0 Å². The van der Waals surface area contributed by atoms with E-state index in [9.17, 15) is 9.59 Å². The van der Waals surface area contributed by atoms with Gasteiger partial charge >= 0.3 is 0 Å². The van der Waals surface area contributed by atoms with Gasteiger partial charge in [-0.05, 0) is 42.0 Å². The van der Waals surface area contributed by atoms with Gasteiger partial charge in [0.1, 0.15) is 5.75 Å². The van der Waals surface area contributed by atoms with E-state index in [2.05, 4.69) is 15.5 Å². The molecule has 1 amide bonds. The van der Waals surface area contributed by atoms with E-state index in [1.165, 1.54) is 13.0 Å². The first-order chi connectivity index (χ1) is 13.5. The Morgan fingerprint density at radius 3 is 2.50 bits per heavy atom. The summed E-state index contributed by atoms with van der Waals surface area (Å²) < 4.78 is 5.57. The molecule has 0 saturated carbocycles. The van der Waals surface area contributed by atoms with Gasteiger partial charge < -0.3 is 10.1 Å². The second-order valence-corrected chi connectivity index (χ2v) is 6.21. The van der Waals surface area contributed by atoms with Crippen LogP contribution in [0.4, 0.5) is 5.69 Å². The van der Waals surface area contributed by atoms with Gasteiger partial charge in [-0.15, -0.1) is 10.2 Å². The third-order valence-electron chi connectivity index (χ3n) is 3.60. The number of hydrogen-bond donors (Lipinski definition) is 1. The number of carbonyl (C=O) groups is 2. The highest BCUT2D eigenvalue weighted by Gasteiger charge is 2.04. The first-order valence-corrected chi connectivity index (χ1v) is 8.74. The van der Waals surface area contributed by atoms with Crippen LogP contribution in [0.2, 0.25) is 5.15 Å². The normalized spacial score (nSPS) is 10.6. The Kier molecular flexibility index (Phi) is 6.14. The molecule has 0 atom stereocenters. The fourth-order valence-electron chi connectivity index (χ4n) is 2.35. The molecule has 3 aromatic rings. The molecule has 1 aromatic heterocycles. The molecule has 1 N–H and O–H groups in total. The standard InChI is InChI=1S/C21H16ClN3O3/c1-14(26)23-17-4-2-3-16(13-17)19(27)10-7-15-5-8-18(9-6-15)28-21-12-11-20(22)24-25-21/h2-13H,1H3,(H,23,26)/b10-7+. The van der Waals surface area contributed by atoms with E-state index >= 15 is 0 Å². The molecule has 0 aliphatic carbocycles. The van der Waals surface area contributed by atoms with Gasteiger partial charge in [-0.25, -0.2) is 0 Å². The number of allylic oxidation sites excluding steroid dienone is 1. The number of nitrogens with one attached hydrogen (secondary N) is 1. The van der Waals surface area contributed by atoms with Crippen molar-refractivity contribution in [2.75, 3.05) is 5.32 Å². The van der Waals surface area contributed by atoms with Crippen LogP contribution in [0.25, 0.3) is 6.08 Å². The molecule has 0 aliphatic rings. The Bertz CT molecular complexity index is 1020. The molecule has 1 heterocycles. The van der Waals surface area contributed by atoms with Crippen LogP contribution in [0.1, 0.15) is 22.8 Å². The van der Waals surface area contributed by atoms with Crippen LogP contribution in [-0.4, -0.2) is 21.9 Å². The van der Waals surface area contributed by atoms with E-state index in [1.807, 2.05) is 12.1 Å². The third-order valence-corrected chi connectivity index (χ3v) is 3.81. The van der Waals surface area contributed by atoms with Crippen LogP contribution in [0.3, 0.4) is 0 Å². The lowest BCUT2D eigenvalue weighted by atomic mass is 10.1. The Labute approximate surface area is 166 Å². The molecule has 28 heavy (non-hydrogen) atoms. The number of amides is 1. The lowest BCUT2D eigenvalue weighted by Crippen LogP contribution is -2.06. The number of anilines is 1. The Morgan fingerprint density at radius 1 is 1.04 bits per heavy atom. The summed E-state index contributed by atoms with van der Waals surface area (Å²) in [6, 6.07) is 17.1. The van der Waals surface area contributed by atoms with E-state index in [1.54, 1.807) is 54.6 Å². The molecule has 0 aliphatic heterocycles. The fraction of sp³-hybridized carbons (Fsp3) is 0.0476. The van der Waals surface area contributed by atoms with Gasteiger partial charge in [0.05, 0.1) is 0 Å². The van der Waals surface area contributed by atoms with Crippen LogP contribution >= 0.6 is 11.6 Å². The van der Waals surface area contributed by atoms with Crippen LogP contribution in [-0.2, 0) is 4.79 Å². The summed E-state index contributed by atoms with van der Waals surface area (Å²) in [7, 11) is 0. The van der Waals surface area contributed by atoms with Crippen molar-refractivity contribution in [1.29, 1.82) is 0 Å². The van der Waals surface area contributed by atoms with E-state index in [0.29, 0.717) is 28.0 Å². The van der Waals surface area contributed by atoms with Gasteiger partial charge in [-0.1, -0.05) is 41.9 Å². The Hall–Kier alpha value is -3.51. The minimum Gasteiger partial charge on any atom is -0.438 e. The lowest BCUT2D eigenvalue weighted by Gasteiger charge is -2.04. The van der Waals surface area contributed by atoms with E-state index in [4.69, 9.17) is 16.3 Å². The van der Waals surface area contributed by atoms with Gasteiger partial charge in [0.15, 0.2) is 10.9 Å². The summed E-state index contributed by atoms with van der Waals surface area (Å²) in [6.07, 6.45) is 3.19. The summed E-state index contributed by atoms with van der Waals surface area (Å²) in [5, 5.41) is 10.5. The number of carbonyl (C=O) groups excluding carboxylic acids is 2. The molecule has 2 aromatic carbocycles. The average molecular weight is 394 g/mol. The molecule has 7 heteroatoms. The van der Waals surface area contributed by atoms with Crippen LogP contribution in [0, 0.1) is 0 Å². The predicted molar refractivity (Wildman–Crippen MR) is 108 cm³/mol. The average Bonchev–Trinajstić information content (AvgIpc) is 2.69. The van der Waals surface area contributed by atoms with Gasteiger partial charge in [-0.3, -0.25) is 9.59 Å². The quantitative estimate of drug-likeness (QED) is 0.481. The molecule has 6 nitrogen and oxygen atoms in total. The lowest BCUT2D eigenvalue weighted by molar-refractivity contribution is -0.114. The van der Waals surface area contributed by atoms with Gasteiger partial charge in [0.25, 0.3) is 0 Å². The van der Waals surface area contributed by atoms with Crippen LogP contribution in [0.5, 0.6) is 11.6 Å². The smallest absolute Gasteiger partial charge is 0.238 e. The van der Waals surface area contributed by atoms with Gasteiger partial charge in [-0.2, -0.15) is 0 Å². The minimum absolute atomic E-state index is 0.163. The SMILES string of the molecule is CC(=O)Nc1cccc(C(=O)/C=C/c2ccc(Oc3ccc(Cl)nn3)cc2)c1. The number of rotatable bonds is 6. The number of nitrogens with zero attached hydrogens (tertiary/aromatic N) is 2. The fourth-order valence-corrected chi connectivity index (χ4v) is 2.45. The van der Waals surface area contributed by atoms with Crippen molar-refractivity contribution < 1.29 is 14.3 Å². The minimum atomic E-state index is -0.188. The number of halogens is 1. The van der Waals surface area contributed by atoms with Gasteiger partial charge in [0, 0.05) is 24.2 Å². The number of ketones is 1. The van der Waals surface area contributed by atoms with Crippen molar-refractivity contribution in [3.05, 3.63) is 83.0 Å². The predicted octanol–water partition coefficient (Wildman–Crippen LogP) is 4.78. The first kappa shape index (κ1) is 19.3. The van der Waals surface area contributed by atoms with E-state index in [0.717, 1.165) is 5.56 Å². The summed E-state index contributed by atoms with van der Waals surface area (Å²) >= 11 is 5.69. The Balaban J connectivity index is 1.64.